The summed E-state index contributed by atoms with van der Waals surface area (Å²) in [6, 6.07) is 11.5. The number of piperidine rings is 3. The van der Waals surface area contributed by atoms with Crippen molar-refractivity contribution in [1.29, 1.82) is 0 Å². The molecule has 1 unspecified atom stereocenters. The molecule has 15 nitrogen and oxygen atoms in total. The van der Waals surface area contributed by atoms with Crippen LogP contribution in [0.3, 0.4) is 0 Å². The summed E-state index contributed by atoms with van der Waals surface area (Å²) in [6.07, 6.45) is 9.74. The van der Waals surface area contributed by atoms with Crippen LogP contribution in [-0.4, -0.2) is 143 Å². The molecule has 1 saturated carbocycles. The number of amides is 3. The van der Waals surface area contributed by atoms with Gasteiger partial charge in [0.05, 0.1) is 24.2 Å². The van der Waals surface area contributed by atoms with Gasteiger partial charge in [-0.25, -0.2) is 8.78 Å². The number of rotatable bonds is 12. The van der Waals surface area contributed by atoms with Crippen molar-refractivity contribution in [3.05, 3.63) is 77.0 Å². The summed E-state index contributed by atoms with van der Waals surface area (Å²) < 4.78 is 45.1. The number of pyridine rings is 1. The summed E-state index contributed by atoms with van der Waals surface area (Å²) in [7, 11) is 0. The first-order valence-electron chi connectivity index (χ1n) is 25.7. The molecule has 1 aliphatic carbocycles. The van der Waals surface area contributed by atoms with E-state index in [0.29, 0.717) is 77.1 Å². The summed E-state index contributed by atoms with van der Waals surface area (Å²) in [6.45, 7) is 12.5. The normalized spacial score (nSPS) is 24.0. The van der Waals surface area contributed by atoms with Gasteiger partial charge in [-0.15, -0.1) is 0 Å². The fraction of sp³-hybridized carbons (Fsp3) is 0.519. The molecule has 372 valence electrons. The molecule has 6 aliphatic heterocycles. The number of hydrogen-bond donors (Lipinski definition) is 2. The predicted octanol–water partition coefficient (Wildman–Crippen LogP) is 6.60. The van der Waals surface area contributed by atoms with Crippen molar-refractivity contribution in [2.75, 3.05) is 88.5 Å². The first kappa shape index (κ1) is 46.1. The Kier molecular flexibility index (Phi) is 11.8. The zero-order chi connectivity index (χ0) is 48.6. The van der Waals surface area contributed by atoms with Crippen LogP contribution < -0.4 is 19.9 Å². The number of ether oxygens (including phenoxy) is 2. The Labute approximate surface area is 411 Å². The number of halogens is 2. The van der Waals surface area contributed by atoms with Crippen molar-refractivity contribution in [2.24, 2.45) is 11.3 Å². The summed E-state index contributed by atoms with van der Waals surface area (Å²) in [5.41, 5.74) is 3.17. The smallest absolute Gasteiger partial charge is 0.319 e. The van der Waals surface area contributed by atoms with Crippen LogP contribution in [-0.2, 0) is 27.3 Å². The molecule has 2 atom stereocenters. The monoisotopic (exact) mass is 969 g/mol. The number of likely N-dealkylation sites (tertiary alicyclic amines) is 1. The number of nitrogens with zero attached hydrogens (tertiary/aromatic N) is 8. The third kappa shape index (κ3) is 8.70. The number of nitrogens with one attached hydrogen (secondary N) is 1. The fourth-order valence-corrected chi connectivity index (χ4v) is 12.4. The van der Waals surface area contributed by atoms with Gasteiger partial charge in [0.25, 0.3) is 5.91 Å². The quantitative estimate of drug-likeness (QED) is 0.129. The Hall–Kier alpha value is -6.04. The zero-order valence-corrected chi connectivity index (χ0v) is 40.4. The minimum absolute atomic E-state index is 0.0199. The molecule has 3 amide bonds. The van der Waals surface area contributed by atoms with Gasteiger partial charge in [-0.05, 0) is 129 Å². The van der Waals surface area contributed by atoms with Crippen LogP contribution in [0, 0.1) is 23.0 Å². The van der Waals surface area contributed by atoms with Crippen LogP contribution in [0.4, 0.5) is 20.3 Å². The average molecular weight is 970 g/mol. The third-order valence-electron chi connectivity index (χ3n) is 16.7. The standard InChI is InChI=1S/C54H61F2N9O6/c1-2-38-42(55)7-4-34-25-37(66)26-40(45(34)38)47-46(56)48-41(27-57-47)49(64-16-3-12-54(31-64)15-23-71-54)60-52(59-48)70-32-53(13-14-53)30-62-17-10-33(11-18-62)28-61-19-21-63(22-20-61)36-5-6-39-35(24-36)29-65(51(39)69)43-8-9-44(67)58-50(43)68/h4-7,24-27,33,43,66H,2-3,8-23,28-32H2,1H3,(H,58,67,68)/t43?,54-/m1/s1. The highest BCUT2D eigenvalue weighted by atomic mass is 19.1. The molecule has 2 aromatic heterocycles. The molecule has 12 rings (SSSR count). The number of imide groups is 1. The minimum atomic E-state index is -0.675. The first-order chi connectivity index (χ1) is 34.4. The summed E-state index contributed by atoms with van der Waals surface area (Å²) in [5.74, 6) is -0.777. The van der Waals surface area contributed by atoms with Crippen molar-refractivity contribution in [2.45, 2.75) is 89.3 Å². The van der Waals surface area contributed by atoms with Crippen molar-refractivity contribution < 1.29 is 37.7 Å². The molecular formula is C54H61F2N9O6. The number of aromatic hydroxyl groups is 1. The van der Waals surface area contributed by atoms with E-state index in [2.05, 4.69) is 36.0 Å². The molecule has 5 aromatic rings. The third-order valence-corrected chi connectivity index (χ3v) is 16.7. The summed E-state index contributed by atoms with van der Waals surface area (Å²) in [5, 5.41) is 14.7. The van der Waals surface area contributed by atoms with E-state index in [1.165, 1.54) is 12.1 Å². The van der Waals surface area contributed by atoms with Gasteiger partial charge in [0.1, 0.15) is 34.6 Å². The summed E-state index contributed by atoms with van der Waals surface area (Å²) in [4.78, 5) is 63.2. The maximum atomic E-state index is 17.2. The molecule has 17 heteroatoms. The molecule has 8 heterocycles. The van der Waals surface area contributed by atoms with E-state index >= 15 is 8.78 Å². The predicted molar refractivity (Wildman–Crippen MR) is 263 cm³/mol. The number of carbonyl (C=O) groups excluding carboxylic acids is 3. The number of fused-ring (bicyclic) bond motifs is 3. The second kappa shape index (κ2) is 18.2. The molecule has 0 bridgehead atoms. The van der Waals surface area contributed by atoms with E-state index in [-0.39, 0.29) is 52.2 Å². The van der Waals surface area contributed by atoms with Crippen LogP contribution in [0.5, 0.6) is 11.8 Å². The van der Waals surface area contributed by atoms with Crippen LogP contribution >= 0.6 is 0 Å². The number of aryl methyl sites for hydroxylation is 1. The summed E-state index contributed by atoms with van der Waals surface area (Å²) >= 11 is 0. The highest BCUT2D eigenvalue weighted by Gasteiger charge is 2.46. The molecule has 2 N–H and O–H groups in total. The number of phenols is 1. The fourth-order valence-electron chi connectivity index (χ4n) is 12.4. The highest BCUT2D eigenvalue weighted by Crippen LogP contribution is 2.48. The number of anilines is 2. The Balaban J connectivity index is 0.687. The molecule has 5 saturated heterocycles. The maximum absolute atomic E-state index is 17.2. The van der Waals surface area contributed by atoms with Crippen molar-refractivity contribution >= 4 is 50.9 Å². The van der Waals surface area contributed by atoms with Gasteiger partial charge in [0.15, 0.2) is 5.82 Å². The van der Waals surface area contributed by atoms with E-state index in [1.54, 1.807) is 23.2 Å². The second-order valence-corrected chi connectivity index (χ2v) is 21.3. The Morgan fingerprint density at radius 1 is 0.887 bits per heavy atom. The van der Waals surface area contributed by atoms with Crippen molar-refractivity contribution in [3.63, 3.8) is 0 Å². The Morgan fingerprint density at radius 2 is 1.70 bits per heavy atom. The van der Waals surface area contributed by atoms with Gasteiger partial charge >= 0.3 is 6.01 Å². The highest BCUT2D eigenvalue weighted by molar-refractivity contribution is 6.06. The van der Waals surface area contributed by atoms with Gasteiger partial charge in [-0.1, -0.05) is 13.0 Å². The number of benzene rings is 3. The molecule has 7 aliphatic rings. The van der Waals surface area contributed by atoms with Crippen LogP contribution in [0.1, 0.15) is 86.2 Å². The van der Waals surface area contributed by atoms with E-state index in [4.69, 9.17) is 19.4 Å². The van der Waals surface area contributed by atoms with E-state index in [0.717, 1.165) is 122 Å². The number of phenolic OH excluding ortho intramolecular Hbond substituents is 1. The lowest BCUT2D eigenvalue weighted by molar-refractivity contribution is -0.151. The molecule has 0 radical (unpaired) electrons. The Morgan fingerprint density at radius 3 is 2.45 bits per heavy atom. The molecule has 71 heavy (non-hydrogen) atoms. The lowest BCUT2D eigenvalue weighted by Gasteiger charge is -2.48. The van der Waals surface area contributed by atoms with Crippen molar-refractivity contribution in [1.82, 2.24) is 35.0 Å². The molecule has 6 fully saturated rings. The van der Waals surface area contributed by atoms with Crippen LogP contribution in [0.2, 0.25) is 0 Å². The second-order valence-electron chi connectivity index (χ2n) is 21.3. The van der Waals surface area contributed by atoms with Gasteiger partial charge < -0.3 is 34.2 Å². The molecule has 1 spiro atoms. The SMILES string of the molecule is CCc1c(F)ccc2cc(O)cc(-c3ncc4c(N5CCC[C@@]6(CCO6)C5)nc(OCC5(CN6CCC(CN7CCN(c8ccc9c(c8)CN(C8CCC(=O)NC8=O)C9=O)CC7)CC6)CC5)nc4c3F)c12. The lowest BCUT2D eigenvalue weighted by atomic mass is 9.86. The molecular weight excluding hydrogens is 909 g/mol. The zero-order valence-electron chi connectivity index (χ0n) is 40.4. The van der Waals surface area contributed by atoms with Gasteiger partial charge in [0.2, 0.25) is 11.8 Å². The maximum Gasteiger partial charge on any atom is 0.319 e. The van der Waals surface area contributed by atoms with Gasteiger partial charge in [0, 0.05) is 100 Å². The topological polar surface area (TPSA) is 157 Å². The number of piperazine rings is 1. The van der Waals surface area contributed by atoms with Crippen LogP contribution in [0.15, 0.2) is 48.7 Å². The van der Waals surface area contributed by atoms with Gasteiger partial charge in [-0.2, -0.15) is 9.97 Å². The van der Waals surface area contributed by atoms with E-state index < -0.39 is 23.6 Å². The average Bonchev–Trinajstić information content (AvgIpc) is 4.06. The van der Waals surface area contributed by atoms with Crippen molar-refractivity contribution in [3.8, 4) is 23.0 Å². The lowest BCUT2D eigenvalue weighted by Crippen LogP contribution is -2.56. The first-order valence-corrected chi connectivity index (χ1v) is 25.7. The molecule has 3 aromatic carbocycles. The minimum Gasteiger partial charge on any atom is -0.508 e. The number of hydrogen-bond acceptors (Lipinski definition) is 13. The Bertz CT molecular complexity index is 2950. The van der Waals surface area contributed by atoms with Crippen LogP contribution in [0.25, 0.3) is 32.9 Å². The number of aromatic nitrogens is 3. The largest absolute Gasteiger partial charge is 0.508 e. The van der Waals surface area contributed by atoms with Gasteiger partial charge in [-0.3, -0.25) is 29.6 Å². The number of carbonyl (C=O) groups is 3. The van der Waals surface area contributed by atoms with E-state index in [9.17, 15) is 19.5 Å². The van der Waals surface area contributed by atoms with E-state index in [1.807, 2.05) is 19.1 Å².